The van der Waals surface area contributed by atoms with Crippen LogP contribution in [0.25, 0.3) is 0 Å². The van der Waals surface area contributed by atoms with Crippen molar-refractivity contribution in [1.29, 1.82) is 0 Å². The van der Waals surface area contributed by atoms with Gasteiger partial charge in [0.25, 0.3) is 0 Å². The van der Waals surface area contributed by atoms with Crippen molar-refractivity contribution in [2.75, 3.05) is 24.8 Å². The summed E-state index contributed by atoms with van der Waals surface area (Å²) in [6.45, 7) is 10.7. The molecule has 0 spiro atoms. The van der Waals surface area contributed by atoms with Crippen molar-refractivity contribution in [1.82, 2.24) is 0 Å². The fraction of sp³-hybridized carbons (Fsp3) is 0.607. The number of hydrogen-bond donors (Lipinski definition) is 3. The van der Waals surface area contributed by atoms with Gasteiger partial charge in [-0.25, -0.2) is 4.79 Å². The van der Waals surface area contributed by atoms with Crippen LogP contribution in [0.4, 0.5) is 5.69 Å². The van der Waals surface area contributed by atoms with Crippen LogP contribution >= 0.6 is 0 Å². The van der Waals surface area contributed by atoms with E-state index < -0.39 is 21.6 Å². The van der Waals surface area contributed by atoms with Gasteiger partial charge in [-0.15, -0.1) is 0 Å². The first-order valence-corrected chi connectivity index (χ1v) is 14.7. The number of aliphatic hydroxyl groups is 2. The van der Waals surface area contributed by atoms with Gasteiger partial charge in [0.05, 0.1) is 30.6 Å². The summed E-state index contributed by atoms with van der Waals surface area (Å²) in [5.41, 5.74) is 2.44. The Morgan fingerprint density at radius 2 is 1.95 bits per heavy atom. The zero-order valence-electron chi connectivity index (χ0n) is 23.3. The van der Waals surface area contributed by atoms with E-state index in [9.17, 15) is 23.4 Å². The molecule has 39 heavy (non-hydrogen) atoms. The minimum atomic E-state index is -3.65. The Kier molecular flexibility index (Phi) is 12.7. The van der Waals surface area contributed by atoms with Crippen molar-refractivity contribution >= 4 is 21.8 Å². The van der Waals surface area contributed by atoms with E-state index in [0.717, 1.165) is 42.3 Å². The van der Waals surface area contributed by atoms with Crippen LogP contribution < -0.4 is 9.50 Å². The van der Waals surface area contributed by atoms with Crippen LogP contribution in [-0.2, 0) is 19.6 Å². The first-order chi connectivity index (χ1) is 17.3. The van der Waals surface area contributed by atoms with E-state index in [0.29, 0.717) is 18.4 Å². The average Bonchev–Trinajstić information content (AvgIpc) is 3.24. The molecule has 0 amide bonds. The zero-order chi connectivity index (χ0) is 27.2. The Hall–Kier alpha value is 0.523. The van der Waals surface area contributed by atoms with Gasteiger partial charge in [0, 0.05) is 99.2 Å². The Morgan fingerprint density at radius 1 is 1.26 bits per heavy atom. The summed E-state index contributed by atoms with van der Waals surface area (Å²) in [6.07, 6.45) is 5.95. The van der Waals surface area contributed by atoms with Crippen molar-refractivity contribution in [3.63, 3.8) is 0 Å². The van der Waals surface area contributed by atoms with E-state index in [2.05, 4.69) is 18.8 Å². The van der Waals surface area contributed by atoms with Gasteiger partial charge < -0.3 is 24.4 Å². The molecular formula is C28H39Ac2NO7S. The smallest absolute Gasteiger partial charge is 0.336 e. The number of carbonyl (C=O) groups is 1. The predicted molar refractivity (Wildman–Crippen MR) is 142 cm³/mol. The molecule has 11 heteroatoms. The topological polar surface area (TPSA) is 122 Å². The normalized spacial score (nSPS) is 31.1. The third kappa shape index (κ3) is 7.55. The van der Waals surface area contributed by atoms with Crippen molar-refractivity contribution < 1.29 is 120 Å². The first-order valence-electron chi connectivity index (χ1n) is 12.9. The molecule has 3 aliphatic rings. The number of nitrogens with one attached hydrogen (secondary N) is 1. The number of cyclic esters (lactones) is 1. The molecule has 8 nitrogen and oxygen atoms in total. The van der Waals surface area contributed by atoms with Crippen LogP contribution in [0.1, 0.15) is 51.5 Å². The monoisotopic (exact) mass is 987 g/mol. The average molecular weight is 988 g/mol. The molecule has 0 saturated heterocycles. The molecule has 1 aliphatic heterocycles. The summed E-state index contributed by atoms with van der Waals surface area (Å²) in [7, 11) is -3.65. The second kappa shape index (κ2) is 13.9. The molecule has 2 aliphatic carbocycles. The van der Waals surface area contributed by atoms with E-state index in [1.165, 1.54) is 0 Å². The quantitative estimate of drug-likeness (QED) is 0.205. The number of aliphatic hydroxyl groups excluding tert-OH is 2. The molecule has 3 N–H and O–H groups in total. The van der Waals surface area contributed by atoms with Crippen LogP contribution in [0.15, 0.2) is 42.0 Å². The van der Waals surface area contributed by atoms with Crippen LogP contribution in [0.2, 0.25) is 0 Å². The molecule has 1 heterocycles. The number of allylic oxidation sites excluding steroid dienone is 1. The zero-order valence-corrected chi connectivity index (χ0v) is 33.6. The van der Waals surface area contributed by atoms with Gasteiger partial charge in [0.1, 0.15) is 12.4 Å². The van der Waals surface area contributed by atoms with Crippen molar-refractivity contribution in [3.8, 4) is 5.75 Å². The number of carbonyl (C=O) groups excluding carboxylic acids is 1. The molecule has 210 valence electrons. The molecular weight excluding hydrogens is 948 g/mol. The predicted octanol–water partition coefficient (Wildman–Crippen LogP) is 3.73. The number of anilines is 1. The summed E-state index contributed by atoms with van der Waals surface area (Å²) in [5, 5.41) is 24.7. The third-order valence-corrected chi connectivity index (χ3v) is 9.56. The van der Waals surface area contributed by atoms with Gasteiger partial charge in [0.2, 0.25) is 0 Å². The first kappa shape index (κ1) is 35.7. The number of fused-ring (bicyclic) bond motifs is 1. The maximum atomic E-state index is 12.7. The van der Waals surface area contributed by atoms with Gasteiger partial charge >= 0.3 is 16.1 Å². The van der Waals surface area contributed by atoms with Crippen LogP contribution in [0.3, 0.4) is 0 Å². The standard InChI is InChI=1S/C28H39NO7S.2Ac/c1-17-6-9-24-27(3,12-10-25(31)28(24,4)16-30)21(17)15-23(20-11-13-35-26(20)32)29-22-8-7-19(14-18(22)2)36-37(5,33)34;;/h7-8,11,14,21,23-25,29-31H,1,6,9-10,12-13,15-16H2,2-5H3;;/t21-,23?,24?,25?,27+,28-;;/m0../s1. The summed E-state index contributed by atoms with van der Waals surface area (Å²) < 4.78 is 33.3. The fourth-order valence-corrected chi connectivity index (χ4v) is 7.46. The minimum absolute atomic E-state index is 0. The van der Waals surface area contributed by atoms with E-state index in [-0.39, 0.29) is 136 Å². The fourth-order valence-electron chi connectivity index (χ4n) is 7.01. The number of esters is 1. The van der Waals surface area contributed by atoms with Crippen LogP contribution in [0, 0.1) is 118 Å². The SMILES string of the molecule is C=C1CCC2[C@](C)(CO)C(O)CC[C@]2(C)[C@H]1CC(Nc1ccc(OS(C)(=O)=O)cc1C)C1=CCOC1=O.[Ac].[Ac]. The van der Waals surface area contributed by atoms with E-state index in [1.807, 2.05) is 19.9 Å². The Labute approximate surface area is 304 Å². The number of rotatable bonds is 8. The van der Waals surface area contributed by atoms with Crippen molar-refractivity contribution in [2.45, 2.75) is 65.0 Å². The summed E-state index contributed by atoms with van der Waals surface area (Å²) in [5.74, 6) is 0.0457. The third-order valence-electron chi connectivity index (χ3n) is 9.07. The maximum absolute atomic E-state index is 12.7. The Balaban J connectivity index is 0.00000267. The number of benzene rings is 1. The molecule has 1 aromatic rings. The van der Waals surface area contributed by atoms with Crippen LogP contribution in [-0.4, -0.2) is 56.2 Å². The number of ether oxygens (including phenoxy) is 1. The maximum Gasteiger partial charge on any atom is 0.336 e. The molecule has 0 aromatic heterocycles. The molecule has 0 bridgehead atoms. The van der Waals surface area contributed by atoms with Gasteiger partial charge in [-0.1, -0.05) is 26.0 Å². The molecule has 3 unspecified atom stereocenters. The Bertz CT molecular complexity index is 1220. The Morgan fingerprint density at radius 3 is 2.51 bits per heavy atom. The molecule has 2 fully saturated rings. The number of aryl methyl sites for hydroxylation is 1. The molecule has 2 saturated carbocycles. The van der Waals surface area contributed by atoms with Gasteiger partial charge in [-0.2, -0.15) is 8.42 Å². The second-order valence-corrected chi connectivity index (χ2v) is 13.1. The van der Waals surface area contributed by atoms with Crippen molar-refractivity contribution in [2.24, 2.45) is 22.7 Å². The summed E-state index contributed by atoms with van der Waals surface area (Å²) >= 11 is 0. The molecule has 2 radical (unpaired) electrons. The molecule has 4 rings (SSSR count). The second-order valence-electron chi connectivity index (χ2n) is 11.5. The van der Waals surface area contributed by atoms with E-state index in [1.54, 1.807) is 18.2 Å². The van der Waals surface area contributed by atoms with E-state index >= 15 is 0 Å². The van der Waals surface area contributed by atoms with Gasteiger partial charge in [0.15, 0.2) is 0 Å². The molecule has 1 aromatic carbocycles. The minimum Gasteiger partial charge on any atom is -0.458 e. The largest absolute Gasteiger partial charge is 0.458 e. The van der Waals surface area contributed by atoms with E-state index in [4.69, 9.17) is 8.92 Å². The molecule has 6 atom stereocenters. The summed E-state index contributed by atoms with van der Waals surface area (Å²) in [6, 6.07) is 4.62. The van der Waals surface area contributed by atoms with Crippen molar-refractivity contribution in [3.05, 3.63) is 47.6 Å². The van der Waals surface area contributed by atoms with Gasteiger partial charge in [-0.05, 0) is 86.1 Å². The van der Waals surface area contributed by atoms with Crippen LogP contribution in [0.5, 0.6) is 5.75 Å². The van der Waals surface area contributed by atoms with Gasteiger partial charge in [-0.3, -0.25) is 0 Å². The number of hydrogen-bond acceptors (Lipinski definition) is 8. The summed E-state index contributed by atoms with van der Waals surface area (Å²) in [4.78, 5) is 12.7.